The summed E-state index contributed by atoms with van der Waals surface area (Å²) in [5.74, 6) is -0.171. The molecule has 0 fully saturated rings. The van der Waals surface area contributed by atoms with Crippen LogP contribution >= 0.6 is 23.4 Å². The van der Waals surface area contributed by atoms with Crippen LogP contribution in [0, 0.1) is 0 Å². The van der Waals surface area contributed by atoms with Gasteiger partial charge in [0.25, 0.3) is 5.91 Å². The van der Waals surface area contributed by atoms with Gasteiger partial charge in [-0.2, -0.15) is 5.10 Å². The van der Waals surface area contributed by atoms with Crippen molar-refractivity contribution in [2.45, 2.75) is 9.79 Å². The molecule has 1 amide bonds. The van der Waals surface area contributed by atoms with Gasteiger partial charge in [0, 0.05) is 32.1 Å². The van der Waals surface area contributed by atoms with Crippen LogP contribution in [0.5, 0.6) is 0 Å². The van der Waals surface area contributed by atoms with Crippen LogP contribution < -0.4 is 5.32 Å². The smallest absolute Gasteiger partial charge is 0.256 e. The molecule has 0 aliphatic rings. The average Bonchev–Trinajstić information content (AvgIpc) is 3.27. The molecule has 166 valence electrons. The van der Waals surface area contributed by atoms with Crippen molar-refractivity contribution in [2.24, 2.45) is 0 Å². The topological polar surface area (TPSA) is 70.7 Å². The predicted octanol–water partition coefficient (Wildman–Crippen LogP) is 7.19. The number of aromatic nitrogens is 3. The van der Waals surface area contributed by atoms with E-state index in [4.69, 9.17) is 11.6 Å². The average molecular weight is 483 g/mol. The van der Waals surface area contributed by atoms with E-state index < -0.39 is 0 Å². The third-order valence-electron chi connectivity index (χ3n) is 5.13. The van der Waals surface area contributed by atoms with E-state index in [1.807, 2.05) is 72.8 Å². The van der Waals surface area contributed by atoms with Crippen molar-refractivity contribution in [2.75, 3.05) is 5.32 Å². The van der Waals surface area contributed by atoms with E-state index in [0.717, 1.165) is 32.1 Å². The fraction of sp³-hybridized carbons (Fsp3) is 0. The van der Waals surface area contributed by atoms with Gasteiger partial charge >= 0.3 is 0 Å². The lowest BCUT2D eigenvalue weighted by atomic mass is 10.2. The van der Waals surface area contributed by atoms with Gasteiger partial charge < -0.3 is 5.32 Å². The highest BCUT2D eigenvalue weighted by molar-refractivity contribution is 7.99. The second kappa shape index (κ2) is 9.95. The summed E-state index contributed by atoms with van der Waals surface area (Å²) in [6, 6.07) is 26.5. The second-order valence-corrected chi connectivity index (χ2v) is 9.02. The van der Waals surface area contributed by atoms with Crippen molar-refractivity contribution in [3.63, 3.8) is 0 Å². The number of fused-ring (bicyclic) bond motifs is 1. The van der Waals surface area contributed by atoms with Crippen LogP contribution in [-0.4, -0.2) is 21.1 Å². The lowest BCUT2D eigenvalue weighted by molar-refractivity contribution is 0.102. The Balaban J connectivity index is 1.36. The lowest BCUT2D eigenvalue weighted by Gasteiger charge is -2.10. The number of H-pyrrole nitrogens is 1. The SMILES string of the molecule is O=C(Nc1ccc(Cl)cc1)c1ccccc1Sc1ccc2c(/C=C/c3ccccn3)n[nH]c2c1. The Morgan fingerprint density at radius 2 is 1.76 bits per heavy atom. The Morgan fingerprint density at radius 1 is 0.941 bits per heavy atom. The van der Waals surface area contributed by atoms with E-state index in [-0.39, 0.29) is 5.91 Å². The number of halogens is 1. The standard InChI is InChI=1S/C27H19ClN4OS/c28-18-8-10-20(11-9-18)30-27(33)23-6-1-2-7-26(23)34-21-13-14-22-24(31-32-25(22)17-21)15-12-19-5-3-4-16-29-19/h1-17H,(H,30,33)(H,31,32)/b15-12+. The monoisotopic (exact) mass is 482 g/mol. The molecule has 34 heavy (non-hydrogen) atoms. The molecule has 5 nitrogen and oxygen atoms in total. The number of nitrogens with zero attached hydrogens (tertiary/aromatic N) is 2. The molecular weight excluding hydrogens is 464 g/mol. The Kier molecular flexibility index (Phi) is 6.42. The maximum absolute atomic E-state index is 12.9. The quantitative estimate of drug-likeness (QED) is 0.269. The Labute approximate surface area is 205 Å². The van der Waals surface area contributed by atoms with Gasteiger partial charge in [0.05, 0.1) is 22.5 Å². The van der Waals surface area contributed by atoms with Gasteiger partial charge in [-0.1, -0.05) is 41.6 Å². The molecule has 0 unspecified atom stereocenters. The summed E-state index contributed by atoms with van der Waals surface area (Å²) in [5, 5.41) is 12.1. The van der Waals surface area contributed by atoms with E-state index in [1.165, 1.54) is 11.8 Å². The molecule has 0 saturated heterocycles. The molecule has 0 radical (unpaired) electrons. The number of nitrogens with one attached hydrogen (secondary N) is 2. The van der Waals surface area contributed by atoms with E-state index in [1.54, 1.807) is 30.5 Å². The highest BCUT2D eigenvalue weighted by Crippen LogP contribution is 2.33. The summed E-state index contributed by atoms with van der Waals surface area (Å²) in [6.07, 6.45) is 5.65. The third-order valence-corrected chi connectivity index (χ3v) is 6.44. The first-order valence-electron chi connectivity index (χ1n) is 10.6. The van der Waals surface area contributed by atoms with Gasteiger partial charge in [-0.25, -0.2) is 0 Å². The first-order chi connectivity index (χ1) is 16.7. The molecule has 2 heterocycles. The molecule has 2 N–H and O–H groups in total. The van der Waals surface area contributed by atoms with E-state index in [0.29, 0.717) is 16.3 Å². The third kappa shape index (κ3) is 5.03. The van der Waals surface area contributed by atoms with Crippen molar-refractivity contribution in [3.8, 4) is 0 Å². The largest absolute Gasteiger partial charge is 0.322 e. The minimum absolute atomic E-state index is 0.171. The summed E-state index contributed by atoms with van der Waals surface area (Å²) in [7, 11) is 0. The maximum atomic E-state index is 12.9. The van der Waals surface area contributed by atoms with Gasteiger partial charge in [0.1, 0.15) is 0 Å². The summed E-state index contributed by atoms with van der Waals surface area (Å²) >= 11 is 7.47. The van der Waals surface area contributed by atoms with Crippen LogP contribution in [-0.2, 0) is 0 Å². The number of carbonyl (C=O) groups excluding carboxylic acids is 1. The highest BCUT2D eigenvalue weighted by Gasteiger charge is 2.13. The minimum atomic E-state index is -0.171. The number of rotatable bonds is 6. The van der Waals surface area contributed by atoms with Crippen LogP contribution in [0.4, 0.5) is 5.69 Å². The van der Waals surface area contributed by atoms with E-state index >= 15 is 0 Å². The molecule has 0 saturated carbocycles. The molecule has 0 spiro atoms. The van der Waals surface area contributed by atoms with Crippen molar-refractivity contribution in [3.05, 3.63) is 113 Å². The molecule has 0 aliphatic heterocycles. The normalized spacial score (nSPS) is 11.2. The Morgan fingerprint density at radius 3 is 2.59 bits per heavy atom. The molecule has 5 aromatic rings. The van der Waals surface area contributed by atoms with Crippen molar-refractivity contribution < 1.29 is 4.79 Å². The fourth-order valence-corrected chi connectivity index (χ4v) is 4.56. The number of carbonyl (C=O) groups is 1. The maximum Gasteiger partial charge on any atom is 0.256 e. The Hall–Kier alpha value is -3.87. The van der Waals surface area contributed by atoms with E-state index in [9.17, 15) is 4.79 Å². The zero-order valence-corrected chi connectivity index (χ0v) is 19.5. The first-order valence-corrected chi connectivity index (χ1v) is 11.8. The molecule has 0 atom stereocenters. The fourth-order valence-electron chi connectivity index (χ4n) is 3.45. The van der Waals surface area contributed by atoms with Crippen molar-refractivity contribution in [1.29, 1.82) is 0 Å². The van der Waals surface area contributed by atoms with Gasteiger partial charge in [0.2, 0.25) is 0 Å². The number of hydrogen-bond donors (Lipinski definition) is 2. The molecule has 2 aromatic heterocycles. The second-order valence-electron chi connectivity index (χ2n) is 7.46. The van der Waals surface area contributed by atoms with Gasteiger partial charge in [-0.3, -0.25) is 14.9 Å². The number of amides is 1. The number of anilines is 1. The van der Waals surface area contributed by atoms with Crippen LogP contribution in [0.3, 0.4) is 0 Å². The molecule has 5 rings (SSSR count). The summed E-state index contributed by atoms with van der Waals surface area (Å²) in [5.41, 5.74) is 3.94. The van der Waals surface area contributed by atoms with Crippen LogP contribution in [0.15, 0.2) is 101 Å². The number of pyridine rings is 1. The first kappa shape index (κ1) is 21.9. The summed E-state index contributed by atoms with van der Waals surface area (Å²) < 4.78 is 0. The molecule has 3 aromatic carbocycles. The van der Waals surface area contributed by atoms with Crippen molar-refractivity contribution >= 4 is 58.0 Å². The zero-order valence-electron chi connectivity index (χ0n) is 17.9. The highest BCUT2D eigenvalue weighted by atomic mass is 35.5. The zero-order chi connectivity index (χ0) is 23.3. The van der Waals surface area contributed by atoms with E-state index in [2.05, 4.69) is 20.5 Å². The lowest BCUT2D eigenvalue weighted by Crippen LogP contribution is -2.12. The molecular formula is C27H19ClN4OS. The number of hydrogen-bond acceptors (Lipinski definition) is 4. The van der Waals surface area contributed by atoms with Crippen LogP contribution in [0.1, 0.15) is 21.7 Å². The van der Waals surface area contributed by atoms with Gasteiger partial charge in [-0.05, 0) is 78.9 Å². The van der Waals surface area contributed by atoms with Crippen LogP contribution in [0.25, 0.3) is 23.1 Å². The van der Waals surface area contributed by atoms with Gasteiger partial charge in [0.15, 0.2) is 0 Å². The summed E-state index contributed by atoms with van der Waals surface area (Å²) in [4.78, 5) is 19.1. The summed E-state index contributed by atoms with van der Waals surface area (Å²) in [6.45, 7) is 0. The van der Waals surface area contributed by atoms with Crippen LogP contribution in [0.2, 0.25) is 5.02 Å². The molecule has 7 heteroatoms. The number of benzene rings is 3. The van der Waals surface area contributed by atoms with Gasteiger partial charge in [-0.15, -0.1) is 0 Å². The van der Waals surface area contributed by atoms with Crippen molar-refractivity contribution in [1.82, 2.24) is 15.2 Å². The molecule has 0 bridgehead atoms. The Bertz CT molecular complexity index is 1480. The molecule has 0 aliphatic carbocycles. The minimum Gasteiger partial charge on any atom is -0.322 e. The predicted molar refractivity (Wildman–Crippen MR) is 139 cm³/mol. The number of aromatic amines is 1.